The van der Waals surface area contributed by atoms with Crippen LogP contribution in [-0.4, -0.2) is 34.5 Å². The predicted octanol–water partition coefficient (Wildman–Crippen LogP) is 1.50. The second-order valence-corrected chi connectivity index (χ2v) is 4.21. The standard InChI is InChI=1S/C11H19NO3/c1-3-8(2)10(11(14)15)12-7-5-4-6-9(12)13/h8,10H,3-7H2,1-2H3,(H,14,15)/t8-,10-/m0/s1. The predicted molar refractivity (Wildman–Crippen MR) is 56.4 cm³/mol. The van der Waals surface area contributed by atoms with E-state index in [1.165, 1.54) is 0 Å². The number of hydrogen-bond acceptors (Lipinski definition) is 2. The maximum atomic E-state index is 11.6. The summed E-state index contributed by atoms with van der Waals surface area (Å²) in [5, 5.41) is 9.15. The van der Waals surface area contributed by atoms with Gasteiger partial charge in [-0.3, -0.25) is 4.79 Å². The summed E-state index contributed by atoms with van der Waals surface area (Å²) in [7, 11) is 0. The minimum atomic E-state index is -0.875. The van der Waals surface area contributed by atoms with Crippen LogP contribution in [0.3, 0.4) is 0 Å². The van der Waals surface area contributed by atoms with Gasteiger partial charge in [0.25, 0.3) is 0 Å². The van der Waals surface area contributed by atoms with Crippen LogP contribution in [-0.2, 0) is 9.59 Å². The Morgan fingerprint density at radius 1 is 1.53 bits per heavy atom. The maximum Gasteiger partial charge on any atom is 0.326 e. The van der Waals surface area contributed by atoms with Crippen LogP contribution in [0.4, 0.5) is 0 Å². The quantitative estimate of drug-likeness (QED) is 0.769. The summed E-state index contributed by atoms with van der Waals surface area (Å²) in [4.78, 5) is 24.3. The van der Waals surface area contributed by atoms with Gasteiger partial charge in [0.1, 0.15) is 6.04 Å². The molecule has 1 fully saturated rings. The zero-order valence-corrected chi connectivity index (χ0v) is 9.40. The van der Waals surface area contributed by atoms with Gasteiger partial charge < -0.3 is 10.0 Å². The number of likely N-dealkylation sites (tertiary alicyclic amines) is 1. The Balaban J connectivity index is 2.78. The lowest BCUT2D eigenvalue weighted by Crippen LogP contribution is -2.50. The summed E-state index contributed by atoms with van der Waals surface area (Å²) in [5.41, 5.74) is 0. The highest BCUT2D eigenvalue weighted by atomic mass is 16.4. The largest absolute Gasteiger partial charge is 0.480 e. The van der Waals surface area contributed by atoms with Gasteiger partial charge >= 0.3 is 5.97 Å². The number of piperidine rings is 1. The molecule has 1 aliphatic rings. The van der Waals surface area contributed by atoms with E-state index in [0.29, 0.717) is 13.0 Å². The first kappa shape index (κ1) is 12.0. The highest BCUT2D eigenvalue weighted by molar-refractivity contribution is 5.84. The van der Waals surface area contributed by atoms with Gasteiger partial charge in [-0.05, 0) is 18.8 Å². The van der Waals surface area contributed by atoms with E-state index < -0.39 is 12.0 Å². The van der Waals surface area contributed by atoms with Crippen LogP contribution in [0.5, 0.6) is 0 Å². The molecule has 0 aromatic heterocycles. The zero-order valence-electron chi connectivity index (χ0n) is 9.40. The van der Waals surface area contributed by atoms with E-state index in [1.54, 1.807) is 4.90 Å². The summed E-state index contributed by atoms with van der Waals surface area (Å²) in [5.74, 6) is -0.863. The first-order chi connectivity index (χ1) is 7.07. The van der Waals surface area contributed by atoms with Crippen molar-refractivity contribution in [2.45, 2.75) is 45.6 Å². The maximum absolute atomic E-state index is 11.6. The Bertz CT molecular complexity index is 252. The average Bonchev–Trinajstić information content (AvgIpc) is 2.20. The molecule has 15 heavy (non-hydrogen) atoms. The molecule has 86 valence electrons. The molecule has 0 saturated carbocycles. The number of nitrogens with zero attached hydrogens (tertiary/aromatic N) is 1. The minimum absolute atomic E-state index is 0.00560. The molecule has 1 aliphatic heterocycles. The monoisotopic (exact) mass is 213 g/mol. The summed E-state index contributed by atoms with van der Waals surface area (Å²) in [6.45, 7) is 4.44. The summed E-state index contributed by atoms with van der Waals surface area (Å²) in [6.07, 6.45) is 3.09. The fraction of sp³-hybridized carbons (Fsp3) is 0.818. The van der Waals surface area contributed by atoms with Crippen molar-refractivity contribution >= 4 is 11.9 Å². The third-order valence-corrected chi connectivity index (χ3v) is 3.13. The highest BCUT2D eigenvalue weighted by Crippen LogP contribution is 2.20. The van der Waals surface area contributed by atoms with E-state index in [4.69, 9.17) is 5.11 Å². The highest BCUT2D eigenvalue weighted by Gasteiger charge is 2.34. The van der Waals surface area contributed by atoms with Gasteiger partial charge in [0.05, 0.1) is 0 Å². The zero-order chi connectivity index (χ0) is 11.4. The molecule has 0 radical (unpaired) electrons. The Morgan fingerprint density at radius 2 is 2.20 bits per heavy atom. The van der Waals surface area contributed by atoms with Gasteiger partial charge in [0, 0.05) is 13.0 Å². The van der Waals surface area contributed by atoms with Crippen LogP contribution in [0.25, 0.3) is 0 Å². The van der Waals surface area contributed by atoms with Crippen molar-refractivity contribution < 1.29 is 14.7 Å². The molecule has 1 N–H and O–H groups in total. The van der Waals surface area contributed by atoms with E-state index >= 15 is 0 Å². The van der Waals surface area contributed by atoms with Crippen molar-refractivity contribution in [1.82, 2.24) is 4.90 Å². The topological polar surface area (TPSA) is 57.6 Å². The fourth-order valence-electron chi connectivity index (χ4n) is 2.03. The van der Waals surface area contributed by atoms with Gasteiger partial charge in [-0.2, -0.15) is 0 Å². The molecule has 4 heteroatoms. The Hall–Kier alpha value is -1.06. The van der Waals surface area contributed by atoms with Gasteiger partial charge in [0.2, 0.25) is 5.91 Å². The molecule has 0 aliphatic carbocycles. The second kappa shape index (κ2) is 5.14. The molecule has 1 saturated heterocycles. The molecule has 0 bridgehead atoms. The van der Waals surface area contributed by atoms with Crippen LogP contribution in [0, 0.1) is 5.92 Å². The number of carboxylic acids is 1. The number of carbonyl (C=O) groups is 2. The van der Waals surface area contributed by atoms with E-state index in [-0.39, 0.29) is 11.8 Å². The Labute approximate surface area is 90.3 Å². The molecule has 4 nitrogen and oxygen atoms in total. The summed E-state index contributed by atoms with van der Waals surface area (Å²) < 4.78 is 0. The summed E-state index contributed by atoms with van der Waals surface area (Å²) in [6, 6.07) is -0.636. The lowest BCUT2D eigenvalue weighted by molar-refractivity contribution is -0.154. The molecule has 0 aromatic carbocycles. The number of aliphatic carboxylic acids is 1. The lowest BCUT2D eigenvalue weighted by Gasteiger charge is -2.35. The van der Waals surface area contributed by atoms with E-state index in [2.05, 4.69) is 0 Å². The molecule has 0 unspecified atom stereocenters. The van der Waals surface area contributed by atoms with Crippen LogP contribution in [0.1, 0.15) is 39.5 Å². The summed E-state index contributed by atoms with van der Waals surface area (Å²) >= 11 is 0. The van der Waals surface area contributed by atoms with Crippen molar-refractivity contribution in [3.63, 3.8) is 0 Å². The van der Waals surface area contributed by atoms with Crippen molar-refractivity contribution in [2.24, 2.45) is 5.92 Å². The smallest absolute Gasteiger partial charge is 0.326 e. The minimum Gasteiger partial charge on any atom is -0.480 e. The van der Waals surface area contributed by atoms with E-state index in [0.717, 1.165) is 19.3 Å². The fourth-order valence-corrected chi connectivity index (χ4v) is 2.03. The van der Waals surface area contributed by atoms with Crippen molar-refractivity contribution in [1.29, 1.82) is 0 Å². The van der Waals surface area contributed by atoms with Crippen molar-refractivity contribution in [3.05, 3.63) is 0 Å². The normalized spacial score (nSPS) is 21.2. The Morgan fingerprint density at radius 3 is 2.67 bits per heavy atom. The molecular weight excluding hydrogens is 194 g/mol. The first-order valence-electron chi connectivity index (χ1n) is 5.60. The number of amides is 1. The SMILES string of the molecule is CC[C@H](C)[C@@H](C(=O)O)N1CCCCC1=O. The van der Waals surface area contributed by atoms with Crippen molar-refractivity contribution in [2.75, 3.05) is 6.54 Å². The molecule has 2 atom stereocenters. The first-order valence-corrected chi connectivity index (χ1v) is 5.60. The van der Waals surface area contributed by atoms with Gasteiger partial charge in [0.15, 0.2) is 0 Å². The molecular formula is C11H19NO3. The van der Waals surface area contributed by atoms with Crippen molar-refractivity contribution in [3.8, 4) is 0 Å². The molecule has 0 spiro atoms. The molecule has 1 heterocycles. The Kier molecular flexibility index (Phi) is 4.12. The van der Waals surface area contributed by atoms with Crippen LogP contribution in [0.2, 0.25) is 0 Å². The molecule has 0 aromatic rings. The van der Waals surface area contributed by atoms with Crippen LogP contribution < -0.4 is 0 Å². The average molecular weight is 213 g/mol. The number of carboxylic acid groups (broad SMARTS) is 1. The molecule has 1 rings (SSSR count). The van der Waals surface area contributed by atoms with Crippen LogP contribution >= 0.6 is 0 Å². The van der Waals surface area contributed by atoms with Crippen LogP contribution in [0.15, 0.2) is 0 Å². The number of carbonyl (C=O) groups excluding carboxylic acids is 1. The third-order valence-electron chi connectivity index (χ3n) is 3.13. The van der Waals surface area contributed by atoms with E-state index in [9.17, 15) is 9.59 Å². The van der Waals surface area contributed by atoms with Gasteiger partial charge in [-0.15, -0.1) is 0 Å². The second-order valence-electron chi connectivity index (χ2n) is 4.21. The van der Waals surface area contributed by atoms with Gasteiger partial charge in [-0.1, -0.05) is 20.3 Å². The molecule has 1 amide bonds. The van der Waals surface area contributed by atoms with E-state index in [1.807, 2.05) is 13.8 Å². The number of hydrogen-bond donors (Lipinski definition) is 1. The van der Waals surface area contributed by atoms with Gasteiger partial charge in [-0.25, -0.2) is 4.79 Å². The third kappa shape index (κ3) is 2.70. The number of rotatable bonds is 4. The lowest BCUT2D eigenvalue weighted by atomic mass is 9.95.